The standard InChI is InChI=1S/C23H16ClN3O3/c1-14-6-11-17(27(29)30)12-21(14)26-23(28)19-13-22(15-7-9-16(24)10-8-15)25-20-5-3-2-4-18(19)20/h2-13H,1H3,(H,26,28). The molecule has 30 heavy (non-hydrogen) atoms. The number of nitrogens with one attached hydrogen (secondary N) is 1. The molecule has 7 heteroatoms. The SMILES string of the molecule is Cc1ccc([N+](=O)[O-])cc1NC(=O)c1cc(-c2ccc(Cl)cc2)nc2ccccc12. The van der Waals surface area contributed by atoms with E-state index < -0.39 is 4.92 Å². The van der Waals surface area contributed by atoms with E-state index in [1.54, 1.807) is 31.2 Å². The summed E-state index contributed by atoms with van der Waals surface area (Å²) in [7, 11) is 0. The summed E-state index contributed by atoms with van der Waals surface area (Å²) in [6.45, 7) is 1.78. The fraction of sp³-hybridized carbons (Fsp3) is 0.0435. The molecule has 4 aromatic rings. The van der Waals surface area contributed by atoms with Crippen LogP contribution in [0.2, 0.25) is 5.02 Å². The number of para-hydroxylation sites is 1. The van der Waals surface area contributed by atoms with Gasteiger partial charge in [0, 0.05) is 28.1 Å². The van der Waals surface area contributed by atoms with E-state index in [2.05, 4.69) is 10.3 Å². The van der Waals surface area contributed by atoms with Gasteiger partial charge in [-0.1, -0.05) is 48.0 Å². The third kappa shape index (κ3) is 3.86. The summed E-state index contributed by atoms with van der Waals surface area (Å²) in [6, 6.07) is 20.6. The maximum absolute atomic E-state index is 13.2. The summed E-state index contributed by atoms with van der Waals surface area (Å²) in [5.74, 6) is -0.368. The second kappa shape index (κ2) is 7.93. The number of amides is 1. The summed E-state index contributed by atoms with van der Waals surface area (Å²) < 4.78 is 0. The summed E-state index contributed by atoms with van der Waals surface area (Å²) in [5.41, 5.74) is 3.59. The first-order valence-electron chi connectivity index (χ1n) is 9.14. The number of fused-ring (bicyclic) bond motifs is 1. The fourth-order valence-corrected chi connectivity index (χ4v) is 3.31. The maximum Gasteiger partial charge on any atom is 0.271 e. The minimum Gasteiger partial charge on any atom is -0.321 e. The van der Waals surface area contributed by atoms with Gasteiger partial charge in [-0.15, -0.1) is 0 Å². The molecule has 0 fully saturated rings. The third-order valence-electron chi connectivity index (χ3n) is 4.78. The lowest BCUT2D eigenvalue weighted by molar-refractivity contribution is -0.384. The molecule has 0 saturated heterocycles. The van der Waals surface area contributed by atoms with Crippen LogP contribution >= 0.6 is 11.6 Å². The number of rotatable bonds is 4. The Morgan fingerprint density at radius 1 is 1.03 bits per heavy atom. The molecule has 0 spiro atoms. The van der Waals surface area contributed by atoms with Crippen LogP contribution in [0, 0.1) is 17.0 Å². The number of non-ortho nitro benzene ring substituents is 1. The molecule has 0 atom stereocenters. The highest BCUT2D eigenvalue weighted by atomic mass is 35.5. The van der Waals surface area contributed by atoms with Crippen LogP contribution in [0.5, 0.6) is 0 Å². The third-order valence-corrected chi connectivity index (χ3v) is 5.03. The Labute approximate surface area is 177 Å². The molecule has 0 aliphatic carbocycles. The Kier molecular flexibility index (Phi) is 5.16. The average Bonchev–Trinajstić information content (AvgIpc) is 2.74. The number of anilines is 1. The number of carbonyl (C=O) groups is 1. The number of nitro benzene ring substituents is 1. The number of benzene rings is 3. The molecule has 4 rings (SSSR count). The topological polar surface area (TPSA) is 85.1 Å². The van der Waals surface area contributed by atoms with Crippen molar-refractivity contribution >= 4 is 39.8 Å². The Hall–Kier alpha value is -3.77. The molecule has 0 unspecified atom stereocenters. The van der Waals surface area contributed by atoms with Gasteiger partial charge in [0.05, 0.1) is 27.4 Å². The van der Waals surface area contributed by atoms with Crippen molar-refractivity contribution in [2.75, 3.05) is 5.32 Å². The molecule has 3 aromatic carbocycles. The van der Waals surface area contributed by atoms with E-state index in [-0.39, 0.29) is 11.6 Å². The van der Waals surface area contributed by atoms with E-state index in [0.717, 1.165) is 11.1 Å². The van der Waals surface area contributed by atoms with Crippen molar-refractivity contribution in [3.8, 4) is 11.3 Å². The number of nitro groups is 1. The lowest BCUT2D eigenvalue weighted by atomic mass is 10.0. The van der Waals surface area contributed by atoms with Gasteiger partial charge in [0.25, 0.3) is 11.6 Å². The predicted molar refractivity (Wildman–Crippen MR) is 118 cm³/mol. The minimum atomic E-state index is -0.491. The molecule has 0 aliphatic heterocycles. The molecule has 1 aromatic heterocycles. The van der Waals surface area contributed by atoms with E-state index in [0.29, 0.717) is 32.9 Å². The largest absolute Gasteiger partial charge is 0.321 e. The van der Waals surface area contributed by atoms with Crippen LogP contribution in [-0.4, -0.2) is 15.8 Å². The number of halogens is 1. The molecular weight excluding hydrogens is 402 g/mol. The van der Waals surface area contributed by atoms with Crippen molar-refractivity contribution in [2.24, 2.45) is 0 Å². The van der Waals surface area contributed by atoms with E-state index in [1.165, 1.54) is 12.1 Å². The van der Waals surface area contributed by atoms with E-state index >= 15 is 0 Å². The van der Waals surface area contributed by atoms with Crippen molar-refractivity contribution in [2.45, 2.75) is 6.92 Å². The highest BCUT2D eigenvalue weighted by Gasteiger charge is 2.16. The van der Waals surface area contributed by atoms with E-state index in [1.807, 2.05) is 36.4 Å². The lowest BCUT2D eigenvalue weighted by Gasteiger charge is -2.12. The van der Waals surface area contributed by atoms with E-state index in [4.69, 9.17) is 11.6 Å². The second-order valence-electron chi connectivity index (χ2n) is 6.79. The maximum atomic E-state index is 13.2. The second-order valence-corrected chi connectivity index (χ2v) is 7.23. The molecule has 0 bridgehead atoms. The normalized spacial score (nSPS) is 10.7. The summed E-state index contributed by atoms with van der Waals surface area (Å²) in [5, 5.41) is 15.2. The first kappa shape index (κ1) is 19.5. The number of nitrogens with zero attached hydrogens (tertiary/aromatic N) is 2. The number of pyridine rings is 1. The van der Waals surface area contributed by atoms with Crippen molar-refractivity contribution < 1.29 is 9.72 Å². The monoisotopic (exact) mass is 417 g/mol. The number of hydrogen-bond donors (Lipinski definition) is 1. The van der Waals surface area contributed by atoms with Crippen molar-refractivity contribution in [3.05, 3.63) is 99.1 Å². The first-order chi connectivity index (χ1) is 14.4. The van der Waals surface area contributed by atoms with Crippen LogP contribution in [0.15, 0.2) is 72.8 Å². The van der Waals surface area contributed by atoms with Gasteiger partial charge in [0.15, 0.2) is 0 Å². The van der Waals surface area contributed by atoms with Crippen LogP contribution in [0.3, 0.4) is 0 Å². The lowest BCUT2D eigenvalue weighted by Crippen LogP contribution is -2.14. The van der Waals surface area contributed by atoms with Gasteiger partial charge < -0.3 is 5.32 Å². The predicted octanol–water partition coefficient (Wildman–Crippen LogP) is 6.02. The molecule has 0 radical (unpaired) electrons. The molecule has 148 valence electrons. The fourth-order valence-electron chi connectivity index (χ4n) is 3.18. The summed E-state index contributed by atoms with van der Waals surface area (Å²) in [6.07, 6.45) is 0. The van der Waals surface area contributed by atoms with Crippen LogP contribution < -0.4 is 5.32 Å². The van der Waals surface area contributed by atoms with Gasteiger partial charge in [0.1, 0.15) is 0 Å². The molecule has 1 N–H and O–H groups in total. The molecule has 1 amide bonds. The molecule has 6 nitrogen and oxygen atoms in total. The quantitative estimate of drug-likeness (QED) is 0.324. The molecule has 1 heterocycles. The number of hydrogen-bond acceptors (Lipinski definition) is 4. The zero-order valence-corrected chi connectivity index (χ0v) is 16.7. The Morgan fingerprint density at radius 3 is 2.50 bits per heavy atom. The van der Waals surface area contributed by atoms with Gasteiger partial charge in [-0.25, -0.2) is 4.98 Å². The Balaban J connectivity index is 1.79. The van der Waals surface area contributed by atoms with Crippen molar-refractivity contribution in [1.82, 2.24) is 4.98 Å². The molecule has 0 aliphatic rings. The van der Waals surface area contributed by atoms with E-state index in [9.17, 15) is 14.9 Å². The van der Waals surface area contributed by atoms with Crippen molar-refractivity contribution in [1.29, 1.82) is 0 Å². The van der Waals surface area contributed by atoms with Gasteiger partial charge in [-0.3, -0.25) is 14.9 Å². The van der Waals surface area contributed by atoms with Gasteiger partial charge in [0.2, 0.25) is 0 Å². The molecular formula is C23H16ClN3O3. The summed E-state index contributed by atoms with van der Waals surface area (Å²) >= 11 is 5.98. The average molecular weight is 418 g/mol. The van der Waals surface area contributed by atoms with Gasteiger partial charge >= 0.3 is 0 Å². The molecule has 0 saturated carbocycles. The van der Waals surface area contributed by atoms with Crippen LogP contribution in [0.25, 0.3) is 22.2 Å². The van der Waals surface area contributed by atoms with Crippen molar-refractivity contribution in [3.63, 3.8) is 0 Å². The van der Waals surface area contributed by atoms with Crippen LogP contribution in [0.1, 0.15) is 15.9 Å². The first-order valence-corrected chi connectivity index (χ1v) is 9.52. The highest BCUT2D eigenvalue weighted by Crippen LogP contribution is 2.28. The number of carbonyl (C=O) groups excluding carboxylic acids is 1. The summed E-state index contributed by atoms with van der Waals surface area (Å²) in [4.78, 5) is 28.4. The van der Waals surface area contributed by atoms with Crippen LogP contribution in [-0.2, 0) is 0 Å². The van der Waals surface area contributed by atoms with Crippen LogP contribution in [0.4, 0.5) is 11.4 Å². The van der Waals surface area contributed by atoms with Gasteiger partial charge in [-0.05, 0) is 36.8 Å². The number of aryl methyl sites for hydroxylation is 1. The smallest absolute Gasteiger partial charge is 0.271 e. The minimum absolute atomic E-state index is 0.0858. The van der Waals surface area contributed by atoms with Gasteiger partial charge in [-0.2, -0.15) is 0 Å². The zero-order chi connectivity index (χ0) is 21.3. The Bertz CT molecular complexity index is 1290. The zero-order valence-electron chi connectivity index (χ0n) is 15.9. The number of aromatic nitrogens is 1. The Morgan fingerprint density at radius 2 is 1.77 bits per heavy atom. The highest BCUT2D eigenvalue weighted by molar-refractivity contribution is 6.30.